The average Bonchev–Trinajstić information content (AvgIpc) is 2.97. The summed E-state index contributed by atoms with van der Waals surface area (Å²) in [7, 11) is 0. The zero-order valence-electron chi connectivity index (χ0n) is 12.4. The smallest absolute Gasteiger partial charge is 0.242 e. The zero-order chi connectivity index (χ0) is 14.7. The summed E-state index contributed by atoms with van der Waals surface area (Å²) in [4.78, 5) is 13.4. The Balaban J connectivity index is 2.04. The van der Waals surface area contributed by atoms with Crippen LogP contribution in [-0.4, -0.2) is 15.7 Å². The van der Waals surface area contributed by atoms with Crippen LogP contribution in [0.1, 0.15) is 36.2 Å². The molecule has 2 aromatic rings. The third kappa shape index (κ3) is 3.48. The van der Waals surface area contributed by atoms with E-state index < -0.39 is 0 Å². The highest BCUT2D eigenvalue weighted by molar-refractivity contribution is 7.10. The Hall–Kier alpha value is -1.62. The second-order valence-corrected chi connectivity index (χ2v) is 6.37. The van der Waals surface area contributed by atoms with Gasteiger partial charge in [-0.15, -0.1) is 11.3 Å². The van der Waals surface area contributed by atoms with Gasteiger partial charge in [-0.2, -0.15) is 5.10 Å². The van der Waals surface area contributed by atoms with Crippen LogP contribution >= 0.6 is 11.3 Å². The Bertz CT molecular complexity index is 572. The lowest BCUT2D eigenvalue weighted by Crippen LogP contribution is -2.34. The Kier molecular flexibility index (Phi) is 4.60. The summed E-state index contributed by atoms with van der Waals surface area (Å²) >= 11 is 1.68. The maximum Gasteiger partial charge on any atom is 0.242 e. The van der Waals surface area contributed by atoms with Crippen molar-refractivity contribution in [3.05, 3.63) is 39.8 Å². The standard InChI is InChI=1S/C15H21N3OS/c1-10(2)15(13-6-5-7-20-13)16-14(19)9-18-12(4)8-11(3)17-18/h5-8,10,15H,9H2,1-4H3,(H,16,19). The number of thiophene rings is 1. The molecule has 0 bridgehead atoms. The molecule has 1 N–H and O–H groups in total. The van der Waals surface area contributed by atoms with Crippen molar-refractivity contribution in [2.45, 2.75) is 40.3 Å². The quantitative estimate of drug-likeness (QED) is 0.920. The minimum Gasteiger partial charge on any atom is -0.347 e. The van der Waals surface area contributed by atoms with Crippen molar-refractivity contribution >= 4 is 17.2 Å². The molecule has 108 valence electrons. The van der Waals surface area contributed by atoms with Gasteiger partial charge in [0.1, 0.15) is 6.54 Å². The molecule has 0 aliphatic rings. The normalized spacial score (nSPS) is 12.7. The van der Waals surface area contributed by atoms with E-state index in [4.69, 9.17) is 0 Å². The van der Waals surface area contributed by atoms with E-state index in [1.807, 2.05) is 31.4 Å². The topological polar surface area (TPSA) is 46.9 Å². The van der Waals surface area contributed by atoms with Gasteiger partial charge in [-0.1, -0.05) is 19.9 Å². The first-order valence-electron chi connectivity index (χ1n) is 6.81. The van der Waals surface area contributed by atoms with Crippen LogP contribution in [0.25, 0.3) is 0 Å². The van der Waals surface area contributed by atoms with Crippen molar-refractivity contribution in [3.8, 4) is 0 Å². The second-order valence-electron chi connectivity index (χ2n) is 5.39. The number of rotatable bonds is 5. The van der Waals surface area contributed by atoms with Crippen molar-refractivity contribution < 1.29 is 4.79 Å². The van der Waals surface area contributed by atoms with E-state index in [0.717, 1.165) is 11.4 Å². The predicted octanol–water partition coefficient (Wildman–Crippen LogP) is 3.07. The van der Waals surface area contributed by atoms with Crippen LogP contribution in [0.3, 0.4) is 0 Å². The summed E-state index contributed by atoms with van der Waals surface area (Å²) < 4.78 is 1.75. The van der Waals surface area contributed by atoms with E-state index >= 15 is 0 Å². The largest absolute Gasteiger partial charge is 0.347 e. The highest BCUT2D eigenvalue weighted by Crippen LogP contribution is 2.25. The first-order valence-corrected chi connectivity index (χ1v) is 7.69. The van der Waals surface area contributed by atoms with Crippen LogP contribution in [0.5, 0.6) is 0 Å². The van der Waals surface area contributed by atoms with Crippen molar-refractivity contribution in [1.29, 1.82) is 0 Å². The molecule has 0 spiro atoms. The molecule has 0 aromatic carbocycles. The highest BCUT2D eigenvalue weighted by atomic mass is 32.1. The number of nitrogens with one attached hydrogen (secondary N) is 1. The number of carbonyl (C=O) groups excluding carboxylic acids is 1. The van der Waals surface area contributed by atoms with Gasteiger partial charge < -0.3 is 5.32 Å². The monoisotopic (exact) mass is 291 g/mol. The molecule has 2 rings (SSSR count). The molecule has 0 radical (unpaired) electrons. The molecule has 0 saturated carbocycles. The van der Waals surface area contributed by atoms with Crippen molar-refractivity contribution in [3.63, 3.8) is 0 Å². The lowest BCUT2D eigenvalue weighted by atomic mass is 10.0. The third-order valence-electron chi connectivity index (χ3n) is 3.23. The van der Waals surface area contributed by atoms with Gasteiger partial charge in [0.2, 0.25) is 5.91 Å². The molecule has 1 unspecified atom stereocenters. The minimum absolute atomic E-state index is 0.00306. The fourth-order valence-electron chi connectivity index (χ4n) is 2.22. The van der Waals surface area contributed by atoms with E-state index in [0.29, 0.717) is 5.92 Å². The Labute approximate surface area is 123 Å². The lowest BCUT2D eigenvalue weighted by Gasteiger charge is -2.21. The maximum absolute atomic E-state index is 12.2. The van der Waals surface area contributed by atoms with E-state index in [1.54, 1.807) is 16.0 Å². The van der Waals surface area contributed by atoms with E-state index in [1.165, 1.54) is 4.88 Å². The van der Waals surface area contributed by atoms with Crippen LogP contribution in [-0.2, 0) is 11.3 Å². The molecule has 0 fully saturated rings. The fraction of sp³-hybridized carbons (Fsp3) is 0.467. The molecule has 4 nitrogen and oxygen atoms in total. The van der Waals surface area contributed by atoms with Crippen molar-refractivity contribution in [2.24, 2.45) is 5.92 Å². The van der Waals surface area contributed by atoms with Gasteiger partial charge in [-0.25, -0.2) is 0 Å². The number of carbonyl (C=O) groups is 1. The number of hydrogen-bond acceptors (Lipinski definition) is 3. The fourth-order valence-corrected chi connectivity index (χ4v) is 3.17. The summed E-state index contributed by atoms with van der Waals surface area (Å²) in [5.41, 5.74) is 1.95. The summed E-state index contributed by atoms with van der Waals surface area (Å²) in [6.07, 6.45) is 0. The molecular weight excluding hydrogens is 270 g/mol. The van der Waals surface area contributed by atoms with Gasteiger partial charge >= 0.3 is 0 Å². The van der Waals surface area contributed by atoms with E-state index in [-0.39, 0.29) is 18.5 Å². The van der Waals surface area contributed by atoms with Crippen LogP contribution in [0.2, 0.25) is 0 Å². The SMILES string of the molecule is Cc1cc(C)n(CC(=O)NC(c2cccs2)C(C)C)n1. The van der Waals surface area contributed by atoms with Crippen molar-refractivity contribution in [1.82, 2.24) is 15.1 Å². The van der Waals surface area contributed by atoms with Gasteiger partial charge in [0.25, 0.3) is 0 Å². The van der Waals surface area contributed by atoms with Gasteiger partial charge in [0.15, 0.2) is 0 Å². The summed E-state index contributed by atoms with van der Waals surface area (Å²) in [6, 6.07) is 6.13. The van der Waals surface area contributed by atoms with Crippen LogP contribution in [0.4, 0.5) is 0 Å². The van der Waals surface area contributed by atoms with Crippen molar-refractivity contribution in [2.75, 3.05) is 0 Å². The summed E-state index contributed by atoms with van der Waals surface area (Å²) in [5, 5.41) is 9.48. The molecule has 1 amide bonds. The molecule has 20 heavy (non-hydrogen) atoms. The Morgan fingerprint density at radius 2 is 2.20 bits per heavy atom. The molecule has 2 aromatic heterocycles. The van der Waals surface area contributed by atoms with Gasteiger partial charge in [0, 0.05) is 10.6 Å². The molecule has 0 aliphatic heterocycles. The van der Waals surface area contributed by atoms with Gasteiger partial charge in [-0.3, -0.25) is 9.48 Å². The average molecular weight is 291 g/mol. The van der Waals surface area contributed by atoms with Crippen LogP contribution in [0, 0.1) is 19.8 Å². The number of aryl methyl sites for hydroxylation is 2. The van der Waals surface area contributed by atoms with Gasteiger partial charge in [0.05, 0.1) is 11.7 Å². The van der Waals surface area contributed by atoms with E-state index in [9.17, 15) is 4.79 Å². The number of hydrogen-bond donors (Lipinski definition) is 1. The molecule has 5 heteroatoms. The summed E-state index contributed by atoms with van der Waals surface area (Å²) in [6.45, 7) is 8.41. The second kappa shape index (κ2) is 6.22. The lowest BCUT2D eigenvalue weighted by molar-refractivity contribution is -0.122. The van der Waals surface area contributed by atoms with Crippen LogP contribution < -0.4 is 5.32 Å². The molecule has 1 atom stereocenters. The zero-order valence-corrected chi connectivity index (χ0v) is 13.2. The highest BCUT2D eigenvalue weighted by Gasteiger charge is 2.19. The Morgan fingerprint density at radius 3 is 2.70 bits per heavy atom. The number of aromatic nitrogens is 2. The van der Waals surface area contributed by atoms with E-state index in [2.05, 4.69) is 30.3 Å². The molecule has 0 aliphatic carbocycles. The minimum atomic E-state index is 0.00306. The number of nitrogens with zero attached hydrogens (tertiary/aromatic N) is 2. The molecule has 2 heterocycles. The first-order chi connectivity index (χ1) is 9.47. The van der Waals surface area contributed by atoms with Gasteiger partial charge in [-0.05, 0) is 37.3 Å². The molecular formula is C15H21N3OS. The maximum atomic E-state index is 12.2. The molecule has 0 saturated heterocycles. The predicted molar refractivity (Wildman–Crippen MR) is 81.7 cm³/mol. The first kappa shape index (κ1) is 14.8. The number of amides is 1. The third-order valence-corrected chi connectivity index (χ3v) is 4.18. The Morgan fingerprint density at radius 1 is 1.45 bits per heavy atom. The van der Waals surface area contributed by atoms with Crippen LogP contribution in [0.15, 0.2) is 23.6 Å². The summed E-state index contributed by atoms with van der Waals surface area (Å²) in [5.74, 6) is 0.362.